The number of hydrogen-bond donors (Lipinski definition) is 0. The van der Waals surface area contributed by atoms with Crippen LogP contribution in [-0.2, 0) is 20.7 Å². The van der Waals surface area contributed by atoms with Gasteiger partial charge in [0.1, 0.15) is 11.0 Å². The summed E-state index contributed by atoms with van der Waals surface area (Å²) in [6, 6.07) is 13.8. The van der Waals surface area contributed by atoms with Crippen LogP contribution in [0.15, 0.2) is 59.5 Å². The molecular weight excluding hydrogens is 493 g/mol. The van der Waals surface area contributed by atoms with Crippen molar-refractivity contribution in [2.45, 2.75) is 100 Å². The maximum absolute atomic E-state index is 14.4. The zero-order valence-corrected chi connectivity index (χ0v) is 25.4. The van der Waals surface area contributed by atoms with E-state index in [9.17, 15) is 8.42 Å². The fraction of sp³-hybridized carbons (Fsp3) is 0.562. The van der Waals surface area contributed by atoms with Gasteiger partial charge in [0.25, 0.3) is 0 Å². The third-order valence-electron chi connectivity index (χ3n) is 9.03. The van der Waals surface area contributed by atoms with Crippen LogP contribution in [0.25, 0.3) is 0 Å². The predicted octanol–water partition coefficient (Wildman–Crippen LogP) is 7.91. The molecule has 1 unspecified atom stereocenters. The van der Waals surface area contributed by atoms with Crippen LogP contribution in [0.4, 0.5) is 0 Å². The molecule has 2 aromatic carbocycles. The summed E-state index contributed by atoms with van der Waals surface area (Å²) in [5.74, 6) is 3.11. The number of allylic oxidation sites excluding steroid dienone is 1. The Morgan fingerprint density at radius 3 is 2.11 bits per heavy atom. The van der Waals surface area contributed by atoms with Crippen LogP contribution < -0.4 is 4.43 Å². The fourth-order valence-electron chi connectivity index (χ4n) is 8.01. The highest BCUT2D eigenvalue weighted by Crippen LogP contribution is 2.62. The summed E-state index contributed by atoms with van der Waals surface area (Å²) in [6.07, 6.45) is 11.5. The van der Waals surface area contributed by atoms with Crippen molar-refractivity contribution in [3.63, 3.8) is 0 Å². The van der Waals surface area contributed by atoms with Crippen molar-refractivity contribution >= 4 is 18.9 Å². The Hall–Kier alpha value is -1.85. The van der Waals surface area contributed by atoms with E-state index < -0.39 is 24.1 Å². The Labute approximate surface area is 226 Å². The number of benzene rings is 2. The summed E-state index contributed by atoms with van der Waals surface area (Å²) in [7, 11) is -5.08. The maximum Gasteiger partial charge on any atom is 0.229 e. The molecule has 4 fully saturated rings. The summed E-state index contributed by atoms with van der Waals surface area (Å²) in [4.78, 5) is 0.450. The minimum atomic E-state index is -3.68. The Balaban J connectivity index is 1.64. The lowest BCUT2D eigenvalue weighted by molar-refractivity contribution is -0.00602. The first-order valence-electron chi connectivity index (χ1n) is 14.2. The molecule has 3 nitrogen and oxygen atoms in total. The van der Waals surface area contributed by atoms with Crippen molar-refractivity contribution in [3.8, 4) is 5.75 Å². The van der Waals surface area contributed by atoms with E-state index in [-0.39, 0.29) is 10.8 Å². The average molecular weight is 537 g/mol. The van der Waals surface area contributed by atoms with Gasteiger partial charge in [0.2, 0.25) is 9.04 Å². The van der Waals surface area contributed by atoms with Crippen molar-refractivity contribution in [2.75, 3.05) is 0 Å². The second-order valence-electron chi connectivity index (χ2n) is 13.4. The van der Waals surface area contributed by atoms with Crippen molar-refractivity contribution in [2.24, 2.45) is 17.8 Å². The smallest absolute Gasteiger partial charge is 0.229 e. The summed E-state index contributed by atoms with van der Waals surface area (Å²) in [5, 5.41) is -0.772. The quantitative estimate of drug-likeness (QED) is 0.267. The van der Waals surface area contributed by atoms with Crippen molar-refractivity contribution in [1.29, 1.82) is 0 Å². The molecule has 1 atom stereocenters. The molecule has 4 saturated carbocycles. The third-order valence-corrected chi connectivity index (χ3v) is 11.7. The molecule has 4 bridgehead atoms. The number of sulfone groups is 1. The van der Waals surface area contributed by atoms with E-state index in [1.807, 2.05) is 49.4 Å². The molecule has 37 heavy (non-hydrogen) atoms. The van der Waals surface area contributed by atoms with Gasteiger partial charge in [0.05, 0.1) is 4.90 Å². The molecule has 5 heteroatoms. The van der Waals surface area contributed by atoms with Crippen LogP contribution in [0.3, 0.4) is 0 Å². The molecule has 0 heterocycles. The maximum atomic E-state index is 14.4. The molecule has 0 aliphatic heterocycles. The lowest BCUT2D eigenvalue weighted by Crippen LogP contribution is -2.49. The number of rotatable bonds is 7. The standard InChI is InChI=1S/C32H44O3SSi/c1-7-10-30(26-11-8-9-12-29(26)35-37(5)6)36(33,34)25-13-14-27(31(2,3)4)28(18-25)32-19-22-15-23(20-32)17-24(16-22)21-32/h7-14,18,22-24,30,37H,15-17,19-21H2,1-6H3/b10-7+. The summed E-state index contributed by atoms with van der Waals surface area (Å²) >= 11 is 0. The lowest BCUT2D eigenvalue weighted by atomic mass is 9.47. The Morgan fingerprint density at radius 1 is 0.973 bits per heavy atom. The zero-order valence-electron chi connectivity index (χ0n) is 23.5. The average Bonchev–Trinajstić information content (AvgIpc) is 2.81. The monoisotopic (exact) mass is 536 g/mol. The Kier molecular flexibility index (Phi) is 7.02. The van der Waals surface area contributed by atoms with Crippen LogP contribution in [0.2, 0.25) is 13.1 Å². The van der Waals surface area contributed by atoms with E-state index in [1.54, 1.807) is 0 Å². The molecule has 4 aliphatic carbocycles. The van der Waals surface area contributed by atoms with Crippen molar-refractivity contribution < 1.29 is 12.8 Å². The first-order chi connectivity index (χ1) is 17.4. The molecule has 0 N–H and O–H groups in total. The van der Waals surface area contributed by atoms with Gasteiger partial charge in [0, 0.05) is 5.56 Å². The highest BCUT2D eigenvalue weighted by Gasteiger charge is 2.52. The molecule has 2 aromatic rings. The molecule has 0 amide bonds. The van der Waals surface area contributed by atoms with Crippen molar-refractivity contribution in [3.05, 3.63) is 71.3 Å². The van der Waals surface area contributed by atoms with Crippen LogP contribution in [-0.4, -0.2) is 17.5 Å². The van der Waals surface area contributed by atoms with Gasteiger partial charge in [-0.3, -0.25) is 0 Å². The van der Waals surface area contributed by atoms with Gasteiger partial charge in [-0.2, -0.15) is 0 Å². The molecule has 200 valence electrons. The normalized spacial score (nSPS) is 28.2. The summed E-state index contributed by atoms with van der Waals surface area (Å²) in [5.41, 5.74) is 3.47. The second kappa shape index (κ2) is 9.71. The van der Waals surface area contributed by atoms with Gasteiger partial charge < -0.3 is 4.43 Å². The van der Waals surface area contributed by atoms with Gasteiger partial charge in [-0.05, 0) is 116 Å². The molecule has 4 aliphatic rings. The first-order valence-corrected chi connectivity index (χ1v) is 18.5. The highest BCUT2D eigenvalue weighted by atomic mass is 32.2. The molecule has 0 saturated heterocycles. The molecule has 0 spiro atoms. The van der Waals surface area contributed by atoms with E-state index in [1.165, 1.54) is 49.7 Å². The van der Waals surface area contributed by atoms with E-state index in [4.69, 9.17) is 4.43 Å². The third kappa shape index (κ3) is 4.98. The molecule has 0 aromatic heterocycles. The Bertz CT molecular complexity index is 1250. The van der Waals surface area contributed by atoms with E-state index >= 15 is 0 Å². The van der Waals surface area contributed by atoms with Gasteiger partial charge in [-0.25, -0.2) is 8.42 Å². The number of hydrogen-bond acceptors (Lipinski definition) is 3. The van der Waals surface area contributed by atoms with Crippen molar-refractivity contribution in [1.82, 2.24) is 0 Å². The topological polar surface area (TPSA) is 43.4 Å². The molecule has 0 radical (unpaired) electrons. The largest absolute Gasteiger partial charge is 0.547 e. The van der Waals surface area contributed by atoms with Crippen LogP contribution >= 0.6 is 0 Å². The minimum absolute atomic E-state index is 0.0357. The van der Waals surface area contributed by atoms with E-state index in [0.717, 1.165) is 23.3 Å². The number of para-hydroxylation sites is 1. The summed E-state index contributed by atoms with van der Waals surface area (Å²) in [6.45, 7) is 12.9. The van der Waals surface area contributed by atoms with Gasteiger partial charge >= 0.3 is 0 Å². The van der Waals surface area contributed by atoms with E-state index in [2.05, 4.69) is 46.0 Å². The lowest BCUT2D eigenvalue weighted by Gasteiger charge is -2.58. The predicted molar refractivity (Wildman–Crippen MR) is 156 cm³/mol. The fourth-order valence-corrected chi connectivity index (χ4v) is 10.5. The zero-order chi connectivity index (χ0) is 26.6. The van der Waals surface area contributed by atoms with Gasteiger partial charge in [0.15, 0.2) is 9.84 Å². The SMILES string of the molecule is C/C=C/C(c1ccccc1O[SiH](C)C)S(=O)(=O)c1ccc(C(C)(C)C)c(C23CC4CC(CC(C4)C2)C3)c1. The molecular formula is C32H44O3SSi. The van der Waals surface area contributed by atoms with Gasteiger partial charge in [-0.15, -0.1) is 0 Å². The minimum Gasteiger partial charge on any atom is -0.547 e. The second-order valence-corrected chi connectivity index (χ2v) is 17.8. The summed E-state index contributed by atoms with van der Waals surface area (Å²) < 4.78 is 35.0. The van der Waals surface area contributed by atoms with Crippen LogP contribution in [0, 0.1) is 17.8 Å². The van der Waals surface area contributed by atoms with Crippen LogP contribution in [0.5, 0.6) is 5.75 Å². The van der Waals surface area contributed by atoms with E-state index in [0.29, 0.717) is 10.6 Å². The highest BCUT2D eigenvalue weighted by molar-refractivity contribution is 7.91. The van der Waals surface area contributed by atoms with Gasteiger partial charge in [-0.1, -0.05) is 57.2 Å². The molecule has 6 rings (SSSR count). The first kappa shape index (κ1) is 26.7. The Morgan fingerprint density at radius 2 is 1.57 bits per heavy atom. The van der Waals surface area contributed by atoms with Crippen LogP contribution in [0.1, 0.15) is 88.2 Å².